The van der Waals surface area contributed by atoms with E-state index < -0.39 is 11.8 Å². The maximum atomic E-state index is 12.2. The first-order valence-electron chi connectivity index (χ1n) is 8.90. The van der Waals surface area contributed by atoms with Crippen LogP contribution in [0.1, 0.15) is 0 Å². The first-order chi connectivity index (χ1) is 12.6. The van der Waals surface area contributed by atoms with Crippen LogP contribution in [0.15, 0.2) is 24.3 Å². The van der Waals surface area contributed by atoms with Crippen LogP contribution >= 0.6 is 0 Å². The Labute approximate surface area is 153 Å². The first kappa shape index (κ1) is 18.2. The highest BCUT2D eigenvalue weighted by molar-refractivity contribution is 6.39. The maximum absolute atomic E-state index is 12.2. The molecule has 0 aliphatic carbocycles. The second-order valence-corrected chi connectivity index (χ2v) is 6.72. The zero-order valence-electron chi connectivity index (χ0n) is 15.1. The zero-order valence-corrected chi connectivity index (χ0v) is 15.1. The van der Waals surface area contributed by atoms with Gasteiger partial charge in [0, 0.05) is 63.7 Å². The summed E-state index contributed by atoms with van der Waals surface area (Å²) < 4.78 is 0. The van der Waals surface area contributed by atoms with Crippen LogP contribution in [0.2, 0.25) is 0 Å². The number of amides is 3. The Kier molecular flexibility index (Phi) is 5.72. The fraction of sp³-hybridized carbons (Fsp3) is 0.500. The summed E-state index contributed by atoms with van der Waals surface area (Å²) >= 11 is 0. The van der Waals surface area contributed by atoms with Gasteiger partial charge in [-0.15, -0.1) is 0 Å². The highest BCUT2D eigenvalue weighted by Crippen LogP contribution is 2.19. The van der Waals surface area contributed by atoms with E-state index in [0.29, 0.717) is 31.9 Å². The third kappa shape index (κ3) is 4.32. The minimum absolute atomic E-state index is 0.382. The molecular formula is C18H25N5O3. The second-order valence-electron chi connectivity index (χ2n) is 6.72. The van der Waals surface area contributed by atoms with Gasteiger partial charge in [0.25, 0.3) is 0 Å². The molecule has 1 aromatic rings. The fourth-order valence-corrected chi connectivity index (χ4v) is 3.18. The number of piperazine rings is 2. The number of hydrogen-bond acceptors (Lipinski definition) is 5. The van der Waals surface area contributed by atoms with Crippen molar-refractivity contribution < 1.29 is 14.4 Å². The van der Waals surface area contributed by atoms with Crippen molar-refractivity contribution in [3.05, 3.63) is 24.3 Å². The van der Waals surface area contributed by atoms with Crippen molar-refractivity contribution >= 4 is 29.6 Å². The number of carbonyl (C=O) groups excluding carboxylic acids is 3. The number of likely N-dealkylation sites (N-methyl/N-ethyl adjacent to an activating group) is 1. The lowest BCUT2D eigenvalue weighted by Gasteiger charge is -2.34. The summed E-state index contributed by atoms with van der Waals surface area (Å²) in [6.07, 6.45) is 0.768. The smallest absolute Gasteiger partial charge is 0.313 e. The molecule has 2 fully saturated rings. The molecule has 140 valence electrons. The van der Waals surface area contributed by atoms with Crippen molar-refractivity contribution in [2.75, 3.05) is 69.6 Å². The van der Waals surface area contributed by atoms with Crippen LogP contribution < -0.4 is 10.2 Å². The number of hydrogen-bond donors (Lipinski definition) is 1. The summed E-state index contributed by atoms with van der Waals surface area (Å²) in [6, 6.07) is 7.58. The normalized spacial score (nSPS) is 18.6. The molecule has 0 bridgehead atoms. The van der Waals surface area contributed by atoms with Gasteiger partial charge in [-0.25, -0.2) is 0 Å². The molecule has 2 heterocycles. The number of nitrogens with zero attached hydrogens (tertiary/aromatic N) is 4. The largest absolute Gasteiger partial charge is 0.369 e. The van der Waals surface area contributed by atoms with Gasteiger partial charge in [0.1, 0.15) is 0 Å². The number of nitrogens with one attached hydrogen (secondary N) is 1. The van der Waals surface area contributed by atoms with E-state index in [1.54, 1.807) is 4.90 Å². The predicted molar refractivity (Wildman–Crippen MR) is 99.0 cm³/mol. The van der Waals surface area contributed by atoms with Gasteiger partial charge in [0.05, 0.1) is 0 Å². The zero-order chi connectivity index (χ0) is 18.5. The highest BCUT2D eigenvalue weighted by atomic mass is 16.2. The third-order valence-corrected chi connectivity index (χ3v) is 4.94. The monoisotopic (exact) mass is 359 g/mol. The summed E-state index contributed by atoms with van der Waals surface area (Å²) in [7, 11) is 2.12. The van der Waals surface area contributed by atoms with E-state index in [2.05, 4.69) is 22.2 Å². The molecular weight excluding hydrogens is 334 g/mol. The van der Waals surface area contributed by atoms with Crippen molar-refractivity contribution in [1.29, 1.82) is 0 Å². The molecule has 3 rings (SSSR count). The van der Waals surface area contributed by atoms with Crippen molar-refractivity contribution in [3.8, 4) is 0 Å². The van der Waals surface area contributed by atoms with Gasteiger partial charge in [-0.1, -0.05) is 0 Å². The Hall–Kier alpha value is -2.61. The summed E-state index contributed by atoms with van der Waals surface area (Å²) in [6.45, 7) is 5.71. The van der Waals surface area contributed by atoms with Crippen LogP contribution in [0.3, 0.4) is 0 Å². The van der Waals surface area contributed by atoms with E-state index in [4.69, 9.17) is 0 Å². The van der Waals surface area contributed by atoms with Crippen LogP contribution in [-0.4, -0.2) is 92.3 Å². The quantitative estimate of drug-likeness (QED) is 0.591. The SMILES string of the molecule is CN1CCN(c2ccc(NC(=O)C(=O)N3CCN(C=O)CC3)cc2)CC1. The molecule has 0 spiro atoms. The molecule has 3 amide bonds. The molecule has 0 radical (unpaired) electrons. The summed E-state index contributed by atoms with van der Waals surface area (Å²) in [5.41, 5.74) is 1.72. The molecule has 26 heavy (non-hydrogen) atoms. The molecule has 2 saturated heterocycles. The van der Waals surface area contributed by atoms with E-state index in [-0.39, 0.29) is 0 Å². The molecule has 2 aliphatic heterocycles. The third-order valence-electron chi connectivity index (χ3n) is 4.94. The summed E-state index contributed by atoms with van der Waals surface area (Å²) in [4.78, 5) is 42.8. The average molecular weight is 359 g/mol. The lowest BCUT2D eigenvalue weighted by molar-refractivity contribution is -0.144. The van der Waals surface area contributed by atoms with Crippen LogP contribution in [0.4, 0.5) is 11.4 Å². The molecule has 1 aromatic carbocycles. The Morgan fingerprint density at radius 3 is 2.12 bits per heavy atom. The number of benzene rings is 1. The molecule has 8 nitrogen and oxygen atoms in total. The molecule has 0 unspecified atom stereocenters. The highest BCUT2D eigenvalue weighted by Gasteiger charge is 2.25. The minimum atomic E-state index is -0.642. The Morgan fingerprint density at radius 2 is 1.54 bits per heavy atom. The van der Waals surface area contributed by atoms with Gasteiger partial charge >= 0.3 is 11.8 Å². The predicted octanol–water partition coefficient (Wildman–Crippen LogP) is -0.322. The molecule has 0 saturated carbocycles. The number of rotatable bonds is 3. The minimum Gasteiger partial charge on any atom is -0.369 e. The Morgan fingerprint density at radius 1 is 0.923 bits per heavy atom. The van der Waals surface area contributed by atoms with Crippen LogP contribution in [0.5, 0.6) is 0 Å². The van der Waals surface area contributed by atoms with Gasteiger partial charge in [-0.2, -0.15) is 0 Å². The number of carbonyl (C=O) groups is 3. The van der Waals surface area contributed by atoms with E-state index in [9.17, 15) is 14.4 Å². The molecule has 0 aromatic heterocycles. The average Bonchev–Trinajstić information content (AvgIpc) is 2.69. The maximum Gasteiger partial charge on any atom is 0.313 e. The summed E-state index contributed by atoms with van der Waals surface area (Å²) in [5.74, 6) is -1.20. The van der Waals surface area contributed by atoms with Gasteiger partial charge in [0.15, 0.2) is 0 Å². The van der Waals surface area contributed by atoms with Crippen molar-refractivity contribution in [2.24, 2.45) is 0 Å². The molecule has 8 heteroatoms. The first-order valence-corrected chi connectivity index (χ1v) is 8.90. The molecule has 0 atom stereocenters. The molecule has 1 N–H and O–H groups in total. The lowest BCUT2D eigenvalue weighted by atomic mass is 10.2. The van der Waals surface area contributed by atoms with E-state index in [1.165, 1.54) is 4.90 Å². The van der Waals surface area contributed by atoms with E-state index in [0.717, 1.165) is 38.3 Å². The van der Waals surface area contributed by atoms with Gasteiger partial charge in [-0.3, -0.25) is 14.4 Å². The number of anilines is 2. The van der Waals surface area contributed by atoms with E-state index >= 15 is 0 Å². The van der Waals surface area contributed by atoms with Gasteiger partial charge < -0.3 is 24.9 Å². The van der Waals surface area contributed by atoms with E-state index in [1.807, 2.05) is 24.3 Å². The standard InChI is InChI=1S/C18H25N5O3/c1-20-6-10-22(11-7-20)16-4-2-15(3-5-16)19-17(25)18(26)23-12-8-21(14-24)9-13-23/h2-5,14H,6-13H2,1H3,(H,19,25). The lowest BCUT2D eigenvalue weighted by Crippen LogP contribution is -2.51. The van der Waals surface area contributed by atoms with Crippen LogP contribution in [0, 0.1) is 0 Å². The van der Waals surface area contributed by atoms with Crippen molar-refractivity contribution in [3.63, 3.8) is 0 Å². The Balaban J connectivity index is 1.52. The van der Waals surface area contributed by atoms with Gasteiger partial charge in [-0.05, 0) is 31.3 Å². The molecule has 2 aliphatic rings. The fourth-order valence-electron chi connectivity index (χ4n) is 3.18. The van der Waals surface area contributed by atoms with Crippen LogP contribution in [0.25, 0.3) is 0 Å². The van der Waals surface area contributed by atoms with Gasteiger partial charge in [0.2, 0.25) is 6.41 Å². The summed E-state index contributed by atoms with van der Waals surface area (Å²) in [5, 5.41) is 2.66. The van der Waals surface area contributed by atoms with Crippen molar-refractivity contribution in [1.82, 2.24) is 14.7 Å². The van der Waals surface area contributed by atoms with Crippen LogP contribution in [-0.2, 0) is 14.4 Å². The second kappa shape index (κ2) is 8.18. The van der Waals surface area contributed by atoms with Crippen molar-refractivity contribution in [2.45, 2.75) is 0 Å². The topological polar surface area (TPSA) is 76.2 Å². The Bertz CT molecular complexity index is 647.